The molecular weight excluding hydrogens is 189 g/mol. The quantitative estimate of drug-likeness (QED) is 0.567. The second kappa shape index (κ2) is 2.83. The maximum Gasteiger partial charge on any atom is 0.133 e. The van der Waals surface area contributed by atoms with E-state index in [0.29, 0.717) is 5.39 Å². The van der Waals surface area contributed by atoms with Crippen molar-refractivity contribution >= 4 is 21.8 Å². The van der Waals surface area contributed by atoms with E-state index >= 15 is 0 Å². The van der Waals surface area contributed by atoms with Crippen molar-refractivity contribution in [3.05, 3.63) is 47.8 Å². The van der Waals surface area contributed by atoms with Gasteiger partial charge in [0.05, 0.1) is 5.52 Å². The highest BCUT2D eigenvalue weighted by molar-refractivity contribution is 6.08. The van der Waals surface area contributed by atoms with E-state index in [4.69, 9.17) is 0 Å². The summed E-state index contributed by atoms with van der Waals surface area (Å²) in [6.45, 7) is 1.98. The third kappa shape index (κ3) is 1.08. The number of aromatic nitrogens is 1. The maximum atomic E-state index is 13.7. The van der Waals surface area contributed by atoms with E-state index in [2.05, 4.69) is 4.98 Å². The Hall–Kier alpha value is -1.83. The molecule has 3 aromatic rings. The largest absolute Gasteiger partial charge is 0.354 e. The summed E-state index contributed by atoms with van der Waals surface area (Å²) < 4.78 is 13.7. The molecule has 74 valence electrons. The lowest BCUT2D eigenvalue weighted by Crippen LogP contribution is -1.80. The standard InChI is InChI=1S/C13H10FN/c1-8-6-7-10(14)12-9-4-2-3-5-11(9)15-13(8)12/h2-7,15H,1H3. The molecule has 1 nitrogen and oxygen atoms in total. The summed E-state index contributed by atoms with van der Waals surface area (Å²) in [5, 5.41) is 1.65. The summed E-state index contributed by atoms with van der Waals surface area (Å²) >= 11 is 0. The second-order valence-electron chi connectivity index (χ2n) is 3.78. The number of nitrogens with one attached hydrogen (secondary N) is 1. The van der Waals surface area contributed by atoms with Gasteiger partial charge in [-0.05, 0) is 24.6 Å². The summed E-state index contributed by atoms with van der Waals surface area (Å²) in [6, 6.07) is 11.1. The molecule has 1 heterocycles. The Morgan fingerprint density at radius 1 is 1.07 bits per heavy atom. The van der Waals surface area contributed by atoms with Crippen LogP contribution in [-0.4, -0.2) is 4.98 Å². The summed E-state index contributed by atoms with van der Waals surface area (Å²) in [6.07, 6.45) is 0. The normalized spacial score (nSPS) is 11.3. The fraction of sp³-hybridized carbons (Fsp3) is 0.0769. The smallest absolute Gasteiger partial charge is 0.133 e. The first-order valence-corrected chi connectivity index (χ1v) is 4.93. The first kappa shape index (κ1) is 8.48. The van der Waals surface area contributed by atoms with Gasteiger partial charge in [0.15, 0.2) is 0 Å². The van der Waals surface area contributed by atoms with Crippen LogP contribution in [0.15, 0.2) is 36.4 Å². The van der Waals surface area contributed by atoms with E-state index in [1.54, 1.807) is 6.07 Å². The van der Waals surface area contributed by atoms with Crippen LogP contribution in [0.5, 0.6) is 0 Å². The summed E-state index contributed by atoms with van der Waals surface area (Å²) in [7, 11) is 0. The van der Waals surface area contributed by atoms with Gasteiger partial charge in [-0.3, -0.25) is 0 Å². The number of benzene rings is 2. The lowest BCUT2D eigenvalue weighted by molar-refractivity contribution is 0.640. The summed E-state index contributed by atoms with van der Waals surface area (Å²) in [5.74, 6) is -0.159. The Morgan fingerprint density at radius 2 is 1.87 bits per heavy atom. The Labute approximate surface area is 86.5 Å². The fourth-order valence-corrected chi connectivity index (χ4v) is 2.05. The SMILES string of the molecule is Cc1ccc(F)c2c1[nH]c1ccccc12. The Bertz CT molecular complexity index is 652. The predicted octanol–water partition coefficient (Wildman–Crippen LogP) is 3.77. The highest BCUT2D eigenvalue weighted by Gasteiger charge is 2.09. The number of fused-ring (bicyclic) bond motifs is 3. The topological polar surface area (TPSA) is 15.8 Å². The Morgan fingerprint density at radius 3 is 2.73 bits per heavy atom. The van der Waals surface area contributed by atoms with Crippen LogP contribution in [0.2, 0.25) is 0 Å². The summed E-state index contributed by atoms with van der Waals surface area (Å²) in [4.78, 5) is 3.25. The molecule has 0 bridgehead atoms. The third-order valence-electron chi connectivity index (χ3n) is 2.82. The zero-order valence-corrected chi connectivity index (χ0v) is 8.34. The molecule has 0 saturated heterocycles. The minimum Gasteiger partial charge on any atom is -0.354 e. The number of hydrogen-bond donors (Lipinski definition) is 1. The van der Waals surface area contributed by atoms with Crippen molar-refractivity contribution in [2.75, 3.05) is 0 Å². The fourth-order valence-electron chi connectivity index (χ4n) is 2.05. The molecule has 0 fully saturated rings. The number of aromatic amines is 1. The molecule has 3 rings (SSSR count). The first-order chi connectivity index (χ1) is 7.27. The van der Waals surface area contributed by atoms with Gasteiger partial charge in [-0.15, -0.1) is 0 Å². The molecule has 0 saturated carbocycles. The molecule has 0 aliphatic carbocycles. The molecule has 1 N–H and O–H groups in total. The minimum atomic E-state index is -0.159. The van der Waals surface area contributed by atoms with Gasteiger partial charge in [0.2, 0.25) is 0 Å². The zero-order valence-electron chi connectivity index (χ0n) is 8.34. The number of halogens is 1. The predicted molar refractivity (Wildman–Crippen MR) is 60.5 cm³/mol. The van der Waals surface area contributed by atoms with Crippen molar-refractivity contribution in [3.8, 4) is 0 Å². The second-order valence-corrected chi connectivity index (χ2v) is 3.78. The van der Waals surface area contributed by atoms with Crippen LogP contribution >= 0.6 is 0 Å². The van der Waals surface area contributed by atoms with Gasteiger partial charge in [-0.2, -0.15) is 0 Å². The molecule has 15 heavy (non-hydrogen) atoms. The zero-order chi connectivity index (χ0) is 10.4. The number of para-hydroxylation sites is 1. The van der Waals surface area contributed by atoms with Crippen molar-refractivity contribution < 1.29 is 4.39 Å². The Balaban J connectivity index is 2.66. The molecule has 0 aliphatic rings. The van der Waals surface area contributed by atoms with Crippen molar-refractivity contribution in [2.24, 2.45) is 0 Å². The van der Waals surface area contributed by atoms with E-state index in [1.807, 2.05) is 31.2 Å². The lowest BCUT2D eigenvalue weighted by Gasteiger charge is -1.96. The maximum absolute atomic E-state index is 13.7. The highest BCUT2D eigenvalue weighted by Crippen LogP contribution is 2.29. The molecule has 2 aromatic carbocycles. The Kier molecular flexibility index (Phi) is 1.60. The summed E-state index contributed by atoms with van der Waals surface area (Å²) in [5.41, 5.74) is 2.96. The van der Waals surface area contributed by atoms with Crippen molar-refractivity contribution in [3.63, 3.8) is 0 Å². The van der Waals surface area contributed by atoms with Crippen LogP contribution in [0.4, 0.5) is 4.39 Å². The van der Waals surface area contributed by atoms with E-state index in [9.17, 15) is 4.39 Å². The van der Waals surface area contributed by atoms with Crippen LogP contribution in [0.1, 0.15) is 5.56 Å². The monoisotopic (exact) mass is 199 g/mol. The lowest BCUT2D eigenvalue weighted by atomic mass is 10.1. The van der Waals surface area contributed by atoms with Gasteiger partial charge < -0.3 is 4.98 Å². The number of hydrogen-bond acceptors (Lipinski definition) is 0. The third-order valence-corrected chi connectivity index (χ3v) is 2.82. The van der Waals surface area contributed by atoms with E-state index in [1.165, 1.54) is 6.07 Å². The molecule has 0 aliphatic heterocycles. The van der Waals surface area contributed by atoms with Crippen LogP contribution < -0.4 is 0 Å². The van der Waals surface area contributed by atoms with Crippen LogP contribution in [0, 0.1) is 12.7 Å². The molecule has 0 spiro atoms. The van der Waals surface area contributed by atoms with Crippen molar-refractivity contribution in [2.45, 2.75) is 6.92 Å². The van der Waals surface area contributed by atoms with Crippen LogP contribution in [0.3, 0.4) is 0 Å². The van der Waals surface area contributed by atoms with Gasteiger partial charge >= 0.3 is 0 Å². The van der Waals surface area contributed by atoms with Crippen LogP contribution in [0.25, 0.3) is 21.8 Å². The van der Waals surface area contributed by atoms with Crippen molar-refractivity contribution in [1.82, 2.24) is 4.98 Å². The number of aryl methyl sites for hydroxylation is 1. The van der Waals surface area contributed by atoms with Gasteiger partial charge in [0, 0.05) is 16.3 Å². The molecule has 0 amide bonds. The molecular formula is C13H10FN. The van der Waals surface area contributed by atoms with Gasteiger partial charge in [-0.1, -0.05) is 24.3 Å². The van der Waals surface area contributed by atoms with Gasteiger partial charge in [0.25, 0.3) is 0 Å². The molecule has 0 radical (unpaired) electrons. The highest BCUT2D eigenvalue weighted by atomic mass is 19.1. The van der Waals surface area contributed by atoms with Gasteiger partial charge in [-0.25, -0.2) is 4.39 Å². The van der Waals surface area contributed by atoms with Crippen molar-refractivity contribution in [1.29, 1.82) is 0 Å². The average Bonchev–Trinajstić information content (AvgIpc) is 2.64. The van der Waals surface area contributed by atoms with E-state index in [-0.39, 0.29) is 5.82 Å². The number of H-pyrrole nitrogens is 1. The van der Waals surface area contributed by atoms with E-state index in [0.717, 1.165) is 22.0 Å². The minimum absolute atomic E-state index is 0.159. The van der Waals surface area contributed by atoms with Gasteiger partial charge in [0.1, 0.15) is 5.82 Å². The molecule has 2 heteroatoms. The number of rotatable bonds is 0. The van der Waals surface area contributed by atoms with E-state index < -0.39 is 0 Å². The molecule has 0 unspecified atom stereocenters. The average molecular weight is 199 g/mol. The van der Waals surface area contributed by atoms with Crippen LogP contribution in [-0.2, 0) is 0 Å². The first-order valence-electron chi connectivity index (χ1n) is 4.93. The molecule has 0 atom stereocenters. The molecule has 1 aromatic heterocycles.